The van der Waals surface area contributed by atoms with Crippen molar-refractivity contribution in [3.8, 4) is 17.2 Å². The fourth-order valence-corrected chi connectivity index (χ4v) is 4.91. The zero-order valence-corrected chi connectivity index (χ0v) is 19.6. The number of nitrogens with one attached hydrogen (secondary N) is 1. The average Bonchev–Trinajstić information content (AvgIpc) is 3.35. The Hall–Kier alpha value is -4.04. The van der Waals surface area contributed by atoms with Crippen LogP contribution < -0.4 is 19.5 Å². The molecule has 0 saturated carbocycles. The first-order valence-corrected chi connectivity index (χ1v) is 11.3. The molecule has 1 aromatic heterocycles. The molecular formula is C26H20ClFN4O3. The first kappa shape index (κ1) is 21.5. The summed E-state index contributed by atoms with van der Waals surface area (Å²) in [5, 5.41) is 8.36. The molecule has 0 bridgehead atoms. The van der Waals surface area contributed by atoms with E-state index in [4.69, 9.17) is 25.8 Å². The molecule has 3 aromatic carbocycles. The van der Waals surface area contributed by atoms with Gasteiger partial charge in [-0.1, -0.05) is 29.8 Å². The van der Waals surface area contributed by atoms with Crippen molar-refractivity contribution in [1.29, 1.82) is 0 Å². The highest BCUT2D eigenvalue weighted by atomic mass is 35.5. The largest absolute Gasteiger partial charge is 0.497 e. The highest BCUT2D eigenvalue weighted by molar-refractivity contribution is 6.30. The van der Waals surface area contributed by atoms with Crippen molar-refractivity contribution in [3.05, 3.63) is 100 Å². The summed E-state index contributed by atoms with van der Waals surface area (Å²) in [4.78, 5) is 4.37. The lowest BCUT2D eigenvalue weighted by Crippen LogP contribution is -2.33. The fraction of sp³-hybridized carbons (Fsp3) is 0.154. The monoisotopic (exact) mass is 490 g/mol. The maximum absolute atomic E-state index is 15.3. The van der Waals surface area contributed by atoms with Gasteiger partial charge in [-0.2, -0.15) is 10.1 Å². The number of ether oxygens (including phenoxy) is 3. The van der Waals surface area contributed by atoms with Crippen molar-refractivity contribution < 1.29 is 18.6 Å². The van der Waals surface area contributed by atoms with E-state index < -0.39 is 12.1 Å². The minimum absolute atomic E-state index is 0.360. The molecule has 0 spiro atoms. The van der Waals surface area contributed by atoms with Crippen LogP contribution in [0.2, 0.25) is 5.02 Å². The molecule has 4 aromatic rings. The van der Waals surface area contributed by atoms with Gasteiger partial charge in [0.05, 0.1) is 19.9 Å². The van der Waals surface area contributed by atoms with Crippen LogP contribution >= 0.6 is 11.6 Å². The summed E-state index contributed by atoms with van der Waals surface area (Å²) in [7, 11) is 3.20. The van der Waals surface area contributed by atoms with E-state index in [0.29, 0.717) is 33.8 Å². The topological polar surface area (TPSA) is 70.4 Å². The summed E-state index contributed by atoms with van der Waals surface area (Å²) < 4.78 is 34.7. The number of benzene rings is 3. The zero-order valence-electron chi connectivity index (χ0n) is 18.8. The molecule has 0 amide bonds. The van der Waals surface area contributed by atoms with Gasteiger partial charge in [0.15, 0.2) is 6.10 Å². The SMILES string of the molecule is COc1ccc(OC)c([C@@H]2Oc3ccc(Cl)cc3C3=C2[C@H](c2ccccc2F)n2ncnc2N3)c1. The van der Waals surface area contributed by atoms with E-state index in [-0.39, 0.29) is 5.82 Å². The molecule has 0 radical (unpaired) electrons. The van der Waals surface area contributed by atoms with Gasteiger partial charge in [-0.3, -0.25) is 0 Å². The van der Waals surface area contributed by atoms with Crippen LogP contribution in [0.3, 0.4) is 0 Å². The molecule has 2 aliphatic heterocycles. The van der Waals surface area contributed by atoms with Gasteiger partial charge in [-0.15, -0.1) is 0 Å². The van der Waals surface area contributed by atoms with Gasteiger partial charge >= 0.3 is 0 Å². The summed E-state index contributed by atoms with van der Waals surface area (Å²) in [6, 6.07) is 16.9. The summed E-state index contributed by atoms with van der Waals surface area (Å²) in [5.74, 6) is 2.00. The average molecular weight is 491 g/mol. The number of hydrogen-bond acceptors (Lipinski definition) is 6. The van der Waals surface area contributed by atoms with Crippen LogP contribution in [0.25, 0.3) is 5.70 Å². The summed E-state index contributed by atoms with van der Waals surface area (Å²) in [6.07, 6.45) is 0.786. The first-order valence-electron chi connectivity index (χ1n) is 10.9. The highest BCUT2D eigenvalue weighted by Crippen LogP contribution is 2.52. The molecular weight excluding hydrogens is 471 g/mol. The standard InChI is InChI=1S/C26H20ClFN4O3/c1-33-15-8-10-20(34-2)18(12-15)25-22-23(17-11-14(27)7-9-21(17)35-25)31-26-29-13-30-32(26)24(22)16-5-3-4-6-19(16)28/h3-13,24-25H,1-2H3,(H,29,30,31)/t24-,25-/m0/s1. The van der Waals surface area contributed by atoms with Crippen molar-refractivity contribution in [2.75, 3.05) is 19.5 Å². The van der Waals surface area contributed by atoms with Gasteiger partial charge in [0.25, 0.3) is 0 Å². The van der Waals surface area contributed by atoms with E-state index in [1.807, 2.05) is 30.3 Å². The Morgan fingerprint density at radius 2 is 1.89 bits per heavy atom. The molecule has 6 rings (SSSR count). The van der Waals surface area contributed by atoms with Crippen LogP contribution in [0.15, 0.2) is 72.6 Å². The Bertz CT molecular complexity index is 1490. The minimum atomic E-state index is -0.654. The second-order valence-corrected chi connectivity index (χ2v) is 8.59. The Morgan fingerprint density at radius 3 is 2.69 bits per heavy atom. The second kappa shape index (κ2) is 8.32. The van der Waals surface area contributed by atoms with Crippen molar-refractivity contribution in [3.63, 3.8) is 0 Å². The van der Waals surface area contributed by atoms with E-state index >= 15 is 4.39 Å². The lowest BCUT2D eigenvalue weighted by atomic mass is 9.84. The highest BCUT2D eigenvalue weighted by Gasteiger charge is 2.42. The Kier molecular flexibility index (Phi) is 5.11. The zero-order chi connectivity index (χ0) is 24.1. The number of hydrogen-bond donors (Lipinski definition) is 1. The lowest BCUT2D eigenvalue weighted by molar-refractivity contribution is 0.216. The molecule has 0 fully saturated rings. The molecule has 3 heterocycles. The number of methoxy groups -OCH3 is 2. The third kappa shape index (κ3) is 3.40. The number of fused-ring (bicyclic) bond motifs is 3. The van der Waals surface area contributed by atoms with E-state index in [2.05, 4.69) is 15.4 Å². The van der Waals surface area contributed by atoms with Gasteiger partial charge < -0.3 is 19.5 Å². The maximum Gasteiger partial charge on any atom is 0.226 e. The molecule has 9 heteroatoms. The Morgan fingerprint density at radius 1 is 1.03 bits per heavy atom. The molecule has 7 nitrogen and oxygen atoms in total. The van der Waals surface area contributed by atoms with E-state index in [1.54, 1.807) is 43.2 Å². The van der Waals surface area contributed by atoms with Crippen LogP contribution in [-0.4, -0.2) is 29.0 Å². The Balaban J connectivity index is 1.67. The maximum atomic E-state index is 15.3. The predicted octanol–water partition coefficient (Wildman–Crippen LogP) is 5.65. The normalized spacial score (nSPS) is 18.1. The number of rotatable bonds is 4. The van der Waals surface area contributed by atoms with E-state index in [9.17, 15) is 0 Å². The van der Waals surface area contributed by atoms with Crippen LogP contribution in [0.1, 0.15) is 28.8 Å². The second-order valence-electron chi connectivity index (χ2n) is 8.15. The van der Waals surface area contributed by atoms with Gasteiger partial charge in [0.1, 0.15) is 35.4 Å². The fourth-order valence-electron chi connectivity index (χ4n) is 4.74. The van der Waals surface area contributed by atoms with Crippen molar-refractivity contribution in [2.45, 2.75) is 12.1 Å². The van der Waals surface area contributed by atoms with E-state index in [1.165, 1.54) is 12.4 Å². The summed E-state index contributed by atoms with van der Waals surface area (Å²) in [6.45, 7) is 0. The van der Waals surface area contributed by atoms with E-state index in [0.717, 1.165) is 22.4 Å². The number of aromatic nitrogens is 3. The summed E-state index contributed by atoms with van der Waals surface area (Å²) >= 11 is 6.37. The summed E-state index contributed by atoms with van der Waals surface area (Å²) in [5.41, 5.74) is 3.40. The lowest BCUT2D eigenvalue weighted by Gasteiger charge is -2.39. The molecule has 35 heavy (non-hydrogen) atoms. The smallest absolute Gasteiger partial charge is 0.226 e. The third-order valence-electron chi connectivity index (χ3n) is 6.30. The van der Waals surface area contributed by atoms with Crippen LogP contribution in [0.5, 0.6) is 17.2 Å². The molecule has 0 saturated heterocycles. The third-order valence-corrected chi connectivity index (χ3v) is 6.53. The number of nitrogens with zero attached hydrogens (tertiary/aromatic N) is 3. The predicted molar refractivity (Wildman–Crippen MR) is 129 cm³/mol. The molecule has 0 aliphatic carbocycles. The number of anilines is 1. The molecule has 176 valence electrons. The number of halogens is 2. The molecule has 2 aliphatic rings. The Labute approximate surface area is 205 Å². The quantitative estimate of drug-likeness (QED) is 0.399. The van der Waals surface area contributed by atoms with Crippen molar-refractivity contribution in [1.82, 2.24) is 14.8 Å². The van der Waals surface area contributed by atoms with Crippen LogP contribution in [0.4, 0.5) is 10.3 Å². The van der Waals surface area contributed by atoms with Gasteiger partial charge in [-0.25, -0.2) is 9.07 Å². The van der Waals surface area contributed by atoms with Gasteiger partial charge in [-0.05, 0) is 42.5 Å². The van der Waals surface area contributed by atoms with Gasteiger partial charge in [0, 0.05) is 27.3 Å². The van der Waals surface area contributed by atoms with Crippen molar-refractivity contribution >= 4 is 23.2 Å². The van der Waals surface area contributed by atoms with Crippen LogP contribution in [-0.2, 0) is 0 Å². The molecule has 1 N–H and O–H groups in total. The molecule has 0 unspecified atom stereocenters. The minimum Gasteiger partial charge on any atom is -0.497 e. The van der Waals surface area contributed by atoms with Crippen LogP contribution in [0, 0.1) is 5.82 Å². The first-order chi connectivity index (χ1) is 17.1. The van der Waals surface area contributed by atoms with Gasteiger partial charge in [0.2, 0.25) is 5.95 Å². The molecule has 2 atom stereocenters. The van der Waals surface area contributed by atoms with Crippen molar-refractivity contribution in [2.24, 2.45) is 0 Å².